The van der Waals surface area contributed by atoms with Crippen LogP contribution in [0.4, 0.5) is 9.52 Å². The Kier molecular flexibility index (Phi) is 6.84. The van der Waals surface area contributed by atoms with Crippen molar-refractivity contribution in [3.05, 3.63) is 32.0 Å². The first kappa shape index (κ1) is 22.3. The maximum absolute atomic E-state index is 14.8. The van der Waals surface area contributed by atoms with Crippen molar-refractivity contribution < 1.29 is 23.9 Å². The molecule has 1 amide bonds. The zero-order valence-corrected chi connectivity index (χ0v) is 18.2. The third kappa shape index (κ3) is 4.52. The highest BCUT2D eigenvalue weighted by Crippen LogP contribution is 2.31. The average molecular weight is 478 g/mol. The van der Waals surface area contributed by atoms with Crippen LogP contribution >= 0.6 is 34.5 Å². The van der Waals surface area contributed by atoms with Gasteiger partial charge in [-0.15, -0.1) is 0 Å². The molecule has 1 saturated heterocycles. The second kappa shape index (κ2) is 9.19. The van der Waals surface area contributed by atoms with Crippen molar-refractivity contribution in [2.45, 2.75) is 25.6 Å². The number of alkyl halides is 1. The second-order valence-electron chi connectivity index (χ2n) is 6.52. The summed E-state index contributed by atoms with van der Waals surface area (Å²) in [4.78, 5) is 37.2. The molecule has 0 saturated carbocycles. The van der Waals surface area contributed by atoms with Gasteiger partial charge in [-0.1, -0.05) is 39.7 Å². The number of aryl methyl sites for hydroxylation is 1. The summed E-state index contributed by atoms with van der Waals surface area (Å²) in [6.45, 7) is 1.99. The number of halogens is 3. The minimum atomic E-state index is -1.40. The van der Waals surface area contributed by atoms with Crippen LogP contribution in [0, 0.1) is 6.92 Å². The average Bonchev–Trinajstić information content (AvgIpc) is 3.25. The molecule has 0 aliphatic carbocycles. The summed E-state index contributed by atoms with van der Waals surface area (Å²) in [6, 6.07) is -0.736. The molecule has 0 radical (unpaired) electrons. The Balaban J connectivity index is 1.69. The molecule has 13 heteroatoms. The van der Waals surface area contributed by atoms with Gasteiger partial charge in [0.25, 0.3) is 5.91 Å². The fourth-order valence-electron chi connectivity index (χ4n) is 3.01. The summed E-state index contributed by atoms with van der Waals surface area (Å²) >= 11 is 13.1. The van der Waals surface area contributed by atoms with E-state index < -0.39 is 24.1 Å². The van der Waals surface area contributed by atoms with Gasteiger partial charge < -0.3 is 25.1 Å². The van der Waals surface area contributed by atoms with Crippen LogP contribution in [0.25, 0.3) is 0 Å². The number of amides is 1. The van der Waals surface area contributed by atoms with Crippen LogP contribution in [-0.4, -0.2) is 65.6 Å². The maximum Gasteiger partial charge on any atom is 0.356 e. The molecule has 3 rings (SSSR count). The normalized spacial score (nSPS) is 19.3. The van der Waals surface area contributed by atoms with E-state index in [-0.39, 0.29) is 28.0 Å². The molecule has 2 aromatic rings. The number of nitrogens with zero attached hydrogens (tertiary/aromatic N) is 3. The van der Waals surface area contributed by atoms with Crippen LogP contribution < -0.4 is 10.2 Å². The highest BCUT2D eigenvalue weighted by atomic mass is 35.5. The minimum Gasteiger partial charge on any atom is -0.476 e. The number of carboxylic acid groups (broad SMARTS) is 1. The molecule has 2 atom stereocenters. The van der Waals surface area contributed by atoms with Crippen molar-refractivity contribution in [2.24, 2.45) is 5.16 Å². The van der Waals surface area contributed by atoms with Crippen LogP contribution in [-0.2, 0) is 4.84 Å². The van der Waals surface area contributed by atoms with Crippen molar-refractivity contribution in [3.8, 4) is 0 Å². The van der Waals surface area contributed by atoms with E-state index in [4.69, 9.17) is 23.2 Å². The Morgan fingerprint density at radius 3 is 2.77 bits per heavy atom. The molecule has 0 bridgehead atoms. The van der Waals surface area contributed by atoms with E-state index in [0.29, 0.717) is 28.7 Å². The van der Waals surface area contributed by atoms with Crippen LogP contribution in [0.5, 0.6) is 0 Å². The molecule has 1 fully saturated rings. The number of aromatic amines is 1. The first-order chi connectivity index (χ1) is 14.2. The molecule has 0 aromatic carbocycles. The Morgan fingerprint density at radius 2 is 2.20 bits per heavy atom. The first-order valence-electron chi connectivity index (χ1n) is 8.77. The van der Waals surface area contributed by atoms with Gasteiger partial charge in [0.1, 0.15) is 19.0 Å². The number of hydrogen-bond acceptors (Lipinski definition) is 7. The lowest BCUT2D eigenvalue weighted by atomic mass is 10.0. The summed E-state index contributed by atoms with van der Waals surface area (Å²) in [7, 11) is 1.33. The quantitative estimate of drug-likeness (QED) is 0.434. The largest absolute Gasteiger partial charge is 0.476 e. The summed E-state index contributed by atoms with van der Waals surface area (Å²) in [6.07, 6.45) is 0.139. The Bertz CT molecular complexity index is 995. The number of anilines is 1. The molecule has 0 spiro atoms. The molecule has 162 valence electrons. The topological polar surface area (TPSA) is 120 Å². The predicted octanol–water partition coefficient (Wildman–Crippen LogP) is 3.11. The fraction of sp³-hybridized carbons (Fsp3) is 0.412. The van der Waals surface area contributed by atoms with E-state index in [0.717, 1.165) is 11.3 Å². The minimum absolute atomic E-state index is 0.0589. The van der Waals surface area contributed by atoms with E-state index in [1.54, 1.807) is 11.8 Å². The first-order valence-corrected chi connectivity index (χ1v) is 10.3. The van der Waals surface area contributed by atoms with Crippen LogP contribution in [0.3, 0.4) is 0 Å². The molecule has 9 nitrogen and oxygen atoms in total. The highest BCUT2D eigenvalue weighted by molar-refractivity contribution is 7.17. The van der Waals surface area contributed by atoms with Gasteiger partial charge in [0.15, 0.2) is 10.8 Å². The van der Waals surface area contributed by atoms with Crippen molar-refractivity contribution in [1.82, 2.24) is 15.3 Å². The number of nitrogens with one attached hydrogen (secondary N) is 2. The Morgan fingerprint density at radius 1 is 1.47 bits per heavy atom. The van der Waals surface area contributed by atoms with Gasteiger partial charge in [-0.2, -0.15) is 0 Å². The van der Waals surface area contributed by atoms with Crippen molar-refractivity contribution in [1.29, 1.82) is 0 Å². The third-order valence-electron chi connectivity index (χ3n) is 4.53. The van der Waals surface area contributed by atoms with E-state index in [1.807, 2.05) is 0 Å². The standard InChI is InChI=1S/C17H18Cl2FN5O4S/c1-7-11(18)12(19)14(22-7)15(26)23-9-3-4-25(6-8(9)20)17-24-13(16(27)28)10(30-17)5-21-29-2/h5,8-9,22H,3-4,6H2,1-2H3,(H,23,26)(H,27,28)/t8-,9+/m0/s1. The van der Waals surface area contributed by atoms with Gasteiger partial charge in [0.05, 0.1) is 33.7 Å². The number of carbonyl (C=O) groups is 2. The Hall–Kier alpha value is -2.37. The van der Waals surface area contributed by atoms with E-state index in [1.165, 1.54) is 13.3 Å². The number of aromatic carboxylic acids is 1. The summed E-state index contributed by atoms with van der Waals surface area (Å²) in [5, 5.41) is 16.2. The molecule has 30 heavy (non-hydrogen) atoms. The molecule has 0 unspecified atom stereocenters. The molecule has 1 aliphatic rings. The van der Waals surface area contributed by atoms with E-state index in [2.05, 4.69) is 25.3 Å². The second-order valence-corrected chi connectivity index (χ2v) is 8.28. The van der Waals surface area contributed by atoms with Gasteiger partial charge in [-0.3, -0.25) is 4.79 Å². The van der Waals surface area contributed by atoms with Crippen LogP contribution in [0.2, 0.25) is 10.0 Å². The highest BCUT2D eigenvalue weighted by Gasteiger charge is 2.33. The van der Waals surface area contributed by atoms with Crippen molar-refractivity contribution in [2.75, 3.05) is 25.1 Å². The number of thiazole rings is 1. The van der Waals surface area contributed by atoms with Crippen LogP contribution in [0.15, 0.2) is 5.16 Å². The zero-order chi connectivity index (χ0) is 22.0. The summed E-state index contributed by atoms with van der Waals surface area (Å²) in [5.74, 6) is -1.76. The Labute approximate surface area is 184 Å². The smallest absolute Gasteiger partial charge is 0.356 e. The SMILES string of the molecule is CON=Cc1sc(N2CC[C@@H](NC(=O)c3[nH]c(C)c(Cl)c3Cl)[C@@H](F)C2)nc1C(=O)O. The number of hydrogen-bond donors (Lipinski definition) is 3. The van der Waals surface area contributed by atoms with E-state index in [9.17, 15) is 19.1 Å². The molecule has 1 aliphatic heterocycles. The lowest BCUT2D eigenvalue weighted by molar-refractivity contribution is 0.0690. The lowest BCUT2D eigenvalue weighted by Gasteiger charge is -2.34. The van der Waals surface area contributed by atoms with Crippen LogP contribution in [0.1, 0.15) is 38.0 Å². The van der Waals surface area contributed by atoms with Gasteiger partial charge in [-0.05, 0) is 13.3 Å². The predicted molar refractivity (Wildman–Crippen MR) is 112 cm³/mol. The molecule has 3 N–H and O–H groups in total. The fourth-order valence-corrected chi connectivity index (χ4v) is 4.38. The summed E-state index contributed by atoms with van der Waals surface area (Å²) < 4.78 is 14.8. The number of aromatic nitrogens is 2. The molecule has 3 heterocycles. The van der Waals surface area contributed by atoms with Gasteiger partial charge in [0.2, 0.25) is 0 Å². The zero-order valence-electron chi connectivity index (χ0n) is 15.9. The number of rotatable bonds is 6. The van der Waals surface area contributed by atoms with E-state index >= 15 is 0 Å². The van der Waals surface area contributed by atoms with Gasteiger partial charge in [-0.25, -0.2) is 14.2 Å². The number of piperidine rings is 1. The molecular formula is C17H18Cl2FN5O4S. The number of oxime groups is 1. The molecule has 2 aromatic heterocycles. The number of carbonyl (C=O) groups excluding carboxylic acids is 1. The number of H-pyrrole nitrogens is 1. The number of carboxylic acids is 1. The molecular weight excluding hydrogens is 460 g/mol. The maximum atomic E-state index is 14.8. The lowest BCUT2D eigenvalue weighted by Crippen LogP contribution is -2.52. The van der Waals surface area contributed by atoms with Crippen molar-refractivity contribution >= 4 is 57.8 Å². The monoisotopic (exact) mass is 477 g/mol. The van der Waals surface area contributed by atoms with Gasteiger partial charge >= 0.3 is 5.97 Å². The van der Waals surface area contributed by atoms with Crippen molar-refractivity contribution in [3.63, 3.8) is 0 Å². The summed E-state index contributed by atoms with van der Waals surface area (Å²) in [5.41, 5.74) is 0.446. The van der Waals surface area contributed by atoms with Gasteiger partial charge in [0, 0.05) is 12.2 Å². The third-order valence-corrected chi connectivity index (χ3v) is 6.53.